The largest absolute Gasteiger partial charge is 0.461 e. The first-order chi connectivity index (χ1) is 9.75. The molecule has 4 heteroatoms. The molecule has 2 aromatic rings. The van der Waals surface area contributed by atoms with Gasteiger partial charge in [-0.15, -0.1) is 0 Å². The highest BCUT2D eigenvalue weighted by atomic mass is 32.1. The third-order valence-electron chi connectivity index (χ3n) is 3.14. The Morgan fingerprint density at radius 2 is 1.85 bits per heavy atom. The van der Waals surface area contributed by atoms with Crippen molar-refractivity contribution < 1.29 is 4.74 Å². The first kappa shape index (κ1) is 12.7. The predicted octanol–water partition coefficient (Wildman–Crippen LogP) is 4.06. The fraction of sp³-hybridized carbons (Fsp3) is 0.0625. The van der Waals surface area contributed by atoms with E-state index >= 15 is 0 Å². The highest BCUT2D eigenvalue weighted by molar-refractivity contribution is 7.80. The zero-order valence-electron chi connectivity index (χ0n) is 11.0. The molecule has 0 saturated carbocycles. The van der Waals surface area contributed by atoms with E-state index in [2.05, 4.69) is 5.32 Å². The summed E-state index contributed by atoms with van der Waals surface area (Å²) in [6.07, 6.45) is 3.45. The summed E-state index contributed by atoms with van der Waals surface area (Å²) >= 11 is 5.50. The van der Waals surface area contributed by atoms with Gasteiger partial charge in [-0.3, -0.25) is 4.90 Å². The van der Waals surface area contributed by atoms with Gasteiger partial charge in [-0.05, 0) is 42.9 Å². The summed E-state index contributed by atoms with van der Waals surface area (Å²) in [7, 11) is 0. The zero-order valence-corrected chi connectivity index (χ0v) is 11.9. The third kappa shape index (κ3) is 2.38. The summed E-state index contributed by atoms with van der Waals surface area (Å²) in [6, 6.07) is 15.9. The van der Waals surface area contributed by atoms with E-state index in [-0.39, 0.29) is 0 Å². The quantitative estimate of drug-likeness (QED) is 0.797. The van der Waals surface area contributed by atoms with Crippen LogP contribution in [0.25, 0.3) is 0 Å². The summed E-state index contributed by atoms with van der Waals surface area (Å²) in [5, 5.41) is 3.89. The van der Waals surface area contributed by atoms with Crippen molar-refractivity contribution >= 4 is 28.7 Å². The number of rotatable bonds is 1. The molecule has 0 radical (unpaired) electrons. The molecule has 0 fully saturated rings. The second-order valence-corrected chi connectivity index (χ2v) is 4.87. The van der Waals surface area contributed by atoms with Crippen LogP contribution in [0.5, 0.6) is 5.75 Å². The van der Waals surface area contributed by atoms with Crippen LogP contribution in [-0.2, 0) is 0 Å². The van der Waals surface area contributed by atoms with Gasteiger partial charge in [0, 0.05) is 11.9 Å². The molecule has 0 atom stereocenters. The average molecular weight is 282 g/mol. The maximum Gasteiger partial charge on any atom is 0.182 e. The summed E-state index contributed by atoms with van der Waals surface area (Å²) in [4.78, 5) is 1.90. The van der Waals surface area contributed by atoms with Crippen molar-refractivity contribution in [3.05, 3.63) is 66.6 Å². The van der Waals surface area contributed by atoms with Crippen LogP contribution in [0.3, 0.4) is 0 Å². The minimum Gasteiger partial charge on any atom is -0.461 e. The molecule has 0 aromatic heterocycles. The maximum atomic E-state index is 5.50. The Bertz CT molecular complexity index is 682. The van der Waals surface area contributed by atoms with Crippen molar-refractivity contribution in [1.82, 2.24) is 0 Å². The molecular formula is C16H14N2OS. The molecular weight excluding hydrogens is 268 g/mol. The number of nitrogens with one attached hydrogen (secondary N) is 1. The Kier molecular flexibility index (Phi) is 3.39. The van der Waals surface area contributed by atoms with E-state index in [4.69, 9.17) is 17.0 Å². The molecule has 0 aliphatic carbocycles. The van der Waals surface area contributed by atoms with Crippen molar-refractivity contribution in [1.29, 1.82) is 0 Å². The van der Waals surface area contributed by atoms with Gasteiger partial charge in [0.15, 0.2) is 10.9 Å². The summed E-state index contributed by atoms with van der Waals surface area (Å²) in [6.45, 7) is 2.05. The van der Waals surface area contributed by atoms with E-state index < -0.39 is 0 Å². The highest BCUT2D eigenvalue weighted by Gasteiger charge is 2.17. The molecule has 0 spiro atoms. The van der Waals surface area contributed by atoms with Gasteiger partial charge in [0.25, 0.3) is 0 Å². The van der Waals surface area contributed by atoms with Crippen LogP contribution in [0, 0.1) is 6.92 Å². The lowest BCUT2D eigenvalue weighted by atomic mass is 10.2. The van der Waals surface area contributed by atoms with Crippen LogP contribution in [0.4, 0.5) is 11.4 Å². The molecule has 100 valence electrons. The number of benzene rings is 2. The Morgan fingerprint density at radius 1 is 1.10 bits per heavy atom. The summed E-state index contributed by atoms with van der Waals surface area (Å²) in [5.41, 5.74) is 3.09. The fourth-order valence-corrected chi connectivity index (χ4v) is 2.34. The lowest BCUT2D eigenvalue weighted by Crippen LogP contribution is -2.32. The third-order valence-corrected chi connectivity index (χ3v) is 3.43. The minimum atomic E-state index is 0.617. The number of ether oxygens (including phenoxy) is 1. The molecule has 0 unspecified atom stereocenters. The van der Waals surface area contributed by atoms with Crippen LogP contribution in [-0.4, -0.2) is 5.11 Å². The fourth-order valence-electron chi connectivity index (χ4n) is 2.07. The average Bonchev–Trinajstić information content (AvgIpc) is 2.49. The van der Waals surface area contributed by atoms with Gasteiger partial charge in [-0.1, -0.05) is 30.3 Å². The van der Waals surface area contributed by atoms with Crippen LogP contribution in [0.1, 0.15) is 5.56 Å². The number of nitrogens with zero attached hydrogens (tertiary/aromatic N) is 1. The molecule has 1 N–H and O–H groups in total. The first-order valence-electron chi connectivity index (χ1n) is 6.34. The smallest absolute Gasteiger partial charge is 0.182 e. The van der Waals surface area contributed by atoms with E-state index in [1.54, 1.807) is 6.26 Å². The first-order valence-corrected chi connectivity index (χ1v) is 6.75. The van der Waals surface area contributed by atoms with Crippen LogP contribution in [0.15, 0.2) is 61.0 Å². The molecule has 1 heterocycles. The number of hydrogen-bond acceptors (Lipinski definition) is 2. The topological polar surface area (TPSA) is 24.5 Å². The number of anilines is 2. The molecule has 1 aliphatic rings. The number of para-hydroxylation sites is 3. The number of thiocarbonyl (C=S) groups is 1. The van der Waals surface area contributed by atoms with Gasteiger partial charge >= 0.3 is 0 Å². The van der Waals surface area contributed by atoms with Crippen molar-refractivity contribution in [3.8, 4) is 5.75 Å². The highest BCUT2D eigenvalue weighted by Crippen LogP contribution is 2.32. The summed E-state index contributed by atoms with van der Waals surface area (Å²) < 4.78 is 5.47. The Hall–Kier alpha value is -2.33. The lowest BCUT2D eigenvalue weighted by Gasteiger charge is -2.27. The van der Waals surface area contributed by atoms with Gasteiger partial charge in [0.1, 0.15) is 6.26 Å². The van der Waals surface area contributed by atoms with Gasteiger partial charge in [0.2, 0.25) is 0 Å². The molecule has 0 amide bonds. The maximum absolute atomic E-state index is 5.50. The SMILES string of the molecule is Cc1ccccc1NC(=S)N1C=COc2ccccc21. The molecule has 1 aliphatic heterocycles. The molecule has 0 saturated heterocycles. The molecule has 2 aromatic carbocycles. The second kappa shape index (κ2) is 5.35. The normalized spacial score (nSPS) is 12.6. The van der Waals surface area contributed by atoms with Crippen LogP contribution in [0.2, 0.25) is 0 Å². The van der Waals surface area contributed by atoms with Crippen LogP contribution >= 0.6 is 12.2 Å². The van der Waals surface area contributed by atoms with Crippen molar-refractivity contribution in [2.24, 2.45) is 0 Å². The van der Waals surface area contributed by atoms with Gasteiger partial charge in [-0.2, -0.15) is 0 Å². The Balaban J connectivity index is 1.86. The van der Waals surface area contributed by atoms with Crippen molar-refractivity contribution in [3.63, 3.8) is 0 Å². The molecule has 3 nitrogen and oxygen atoms in total. The zero-order chi connectivity index (χ0) is 13.9. The molecule has 0 bridgehead atoms. The second-order valence-electron chi connectivity index (χ2n) is 4.49. The van der Waals surface area contributed by atoms with E-state index in [1.165, 1.54) is 0 Å². The molecule has 20 heavy (non-hydrogen) atoms. The Morgan fingerprint density at radius 3 is 2.70 bits per heavy atom. The van der Waals surface area contributed by atoms with Gasteiger partial charge in [-0.25, -0.2) is 0 Å². The number of hydrogen-bond donors (Lipinski definition) is 1. The predicted molar refractivity (Wildman–Crippen MR) is 86.1 cm³/mol. The number of fused-ring (bicyclic) bond motifs is 1. The van der Waals surface area contributed by atoms with Crippen LogP contribution < -0.4 is 15.0 Å². The van der Waals surface area contributed by atoms with E-state index in [0.717, 1.165) is 22.7 Å². The standard InChI is InChI=1S/C16H14N2OS/c1-12-6-2-3-7-13(12)17-16(20)18-10-11-19-15-9-5-4-8-14(15)18/h2-11H,1H3,(H,17,20). The van der Waals surface area contributed by atoms with Gasteiger partial charge < -0.3 is 10.1 Å². The van der Waals surface area contributed by atoms with E-state index in [9.17, 15) is 0 Å². The van der Waals surface area contributed by atoms with Gasteiger partial charge in [0.05, 0.1) is 5.69 Å². The lowest BCUT2D eigenvalue weighted by molar-refractivity contribution is 0.474. The molecule has 3 rings (SSSR count). The van der Waals surface area contributed by atoms with Crippen molar-refractivity contribution in [2.75, 3.05) is 10.2 Å². The Labute approximate surface area is 123 Å². The monoisotopic (exact) mass is 282 g/mol. The van der Waals surface area contributed by atoms with E-state index in [0.29, 0.717) is 5.11 Å². The minimum absolute atomic E-state index is 0.617. The summed E-state index contributed by atoms with van der Waals surface area (Å²) in [5.74, 6) is 0.795. The van der Waals surface area contributed by atoms with E-state index in [1.807, 2.05) is 66.6 Å². The number of aryl methyl sites for hydroxylation is 1. The van der Waals surface area contributed by atoms with Crippen molar-refractivity contribution in [2.45, 2.75) is 6.92 Å².